The van der Waals surface area contributed by atoms with Gasteiger partial charge in [-0.05, 0) is 68.7 Å². The number of benzene rings is 2. The van der Waals surface area contributed by atoms with Gasteiger partial charge in [0.05, 0.1) is 24.6 Å². The highest BCUT2D eigenvalue weighted by molar-refractivity contribution is 6.11. The summed E-state index contributed by atoms with van der Waals surface area (Å²) in [5.41, 5.74) is 3.29. The summed E-state index contributed by atoms with van der Waals surface area (Å²) in [6.45, 7) is 6.62. The maximum atomic E-state index is 13.9. The zero-order valence-electron chi connectivity index (χ0n) is 18.8. The lowest BCUT2D eigenvalue weighted by molar-refractivity contribution is -0.341. The number of rotatable bonds is 8. The van der Waals surface area contributed by atoms with Gasteiger partial charge in [-0.15, -0.1) is 0 Å². The number of carbonyl (C=O) groups excluding carboxylic acids is 1. The molecule has 1 amide bonds. The number of anilines is 1. The fourth-order valence-corrected chi connectivity index (χ4v) is 4.34. The van der Waals surface area contributed by atoms with Crippen molar-refractivity contribution in [2.24, 2.45) is 11.0 Å². The molecule has 1 heterocycles. The van der Waals surface area contributed by atoms with Crippen LogP contribution in [0.15, 0.2) is 47.6 Å². The van der Waals surface area contributed by atoms with Crippen LogP contribution in [-0.2, 0) is 20.7 Å². The van der Waals surface area contributed by atoms with Crippen LogP contribution in [0.2, 0.25) is 0 Å². The molecular weight excluding hydrogens is 411 g/mol. The Morgan fingerprint density at radius 1 is 1.09 bits per heavy atom. The maximum absolute atomic E-state index is 13.9. The second-order valence-electron chi connectivity index (χ2n) is 7.93. The second kappa shape index (κ2) is 9.38. The van der Waals surface area contributed by atoms with Gasteiger partial charge >= 0.3 is 5.97 Å². The molecule has 0 saturated carbocycles. The van der Waals surface area contributed by atoms with Crippen LogP contribution in [0.4, 0.5) is 10.1 Å². The molecule has 170 valence electrons. The van der Waals surface area contributed by atoms with E-state index in [2.05, 4.69) is 5.10 Å². The van der Waals surface area contributed by atoms with E-state index in [0.29, 0.717) is 37.5 Å². The van der Waals surface area contributed by atoms with Crippen molar-refractivity contribution in [3.8, 4) is 5.75 Å². The number of aryl methyl sites for hydroxylation is 1. The van der Waals surface area contributed by atoms with Gasteiger partial charge in [-0.2, -0.15) is 5.10 Å². The van der Waals surface area contributed by atoms with Crippen LogP contribution in [0.5, 0.6) is 5.75 Å². The molecule has 0 radical (unpaired) electrons. The molecule has 7 heteroatoms. The van der Waals surface area contributed by atoms with Gasteiger partial charge in [0.2, 0.25) is 5.91 Å². The Kier molecular flexibility index (Phi) is 6.58. The summed E-state index contributed by atoms with van der Waals surface area (Å²) in [7, 11) is 0. The van der Waals surface area contributed by atoms with Gasteiger partial charge in [0, 0.05) is 24.3 Å². The number of hydrogen-bond donors (Lipinski definition) is 0. The first kappa shape index (κ1) is 22.4. The molecule has 0 saturated heterocycles. The number of fused-ring (bicyclic) bond motifs is 3. The summed E-state index contributed by atoms with van der Waals surface area (Å²) in [5, 5.41) is 6.07. The molecule has 0 spiro atoms. The second-order valence-corrected chi connectivity index (χ2v) is 7.93. The van der Waals surface area contributed by atoms with Gasteiger partial charge in [-0.3, -0.25) is 4.79 Å². The van der Waals surface area contributed by atoms with E-state index in [1.165, 1.54) is 17.1 Å². The standard InChI is InChI=1S/C25H29FN2O4/c1-4-25(30-5-2,31-6-3)32-21-13-11-20(12-14-21)28-23(29)15-18-8-7-17-9-10-19(26)16-22(17)24(18)27-28/h9-14,16,18H,4-8,15H2,1-3H3. The molecule has 0 N–H and O–H groups in total. The van der Waals surface area contributed by atoms with Crippen LogP contribution in [0.1, 0.15) is 51.2 Å². The molecule has 32 heavy (non-hydrogen) atoms. The van der Waals surface area contributed by atoms with E-state index < -0.39 is 5.97 Å². The molecule has 2 aromatic rings. The van der Waals surface area contributed by atoms with Crippen molar-refractivity contribution < 1.29 is 23.4 Å². The Labute approximate surface area is 188 Å². The van der Waals surface area contributed by atoms with Crippen LogP contribution in [0.3, 0.4) is 0 Å². The fourth-order valence-electron chi connectivity index (χ4n) is 4.34. The smallest absolute Gasteiger partial charge is 0.326 e. The summed E-state index contributed by atoms with van der Waals surface area (Å²) >= 11 is 0. The average molecular weight is 441 g/mol. The SMILES string of the molecule is CCOC(CC)(OCC)Oc1ccc(N2N=C3c4cc(F)ccc4CCC3CC2=O)cc1. The Balaban J connectivity index is 1.60. The van der Waals surface area contributed by atoms with Crippen molar-refractivity contribution in [1.82, 2.24) is 0 Å². The fraction of sp³-hybridized carbons (Fsp3) is 0.440. The van der Waals surface area contributed by atoms with Crippen LogP contribution >= 0.6 is 0 Å². The summed E-state index contributed by atoms with van der Waals surface area (Å²) in [6.07, 6.45) is 2.56. The number of nitrogens with zero attached hydrogens (tertiary/aromatic N) is 2. The topological polar surface area (TPSA) is 60.4 Å². The van der Waals surface area contributed by atoms with Gasteiger partial charge in [-0.1, -0.05) is 13.0 Å². The molecule has 0 aromatic heterocycles. The highest BCUT2D eigenvalue weighted by atomic mass is 19.1. The largest absolute Gasteiger partial charge is 0.439 e. The molecule has 1 unspecified atom stereocenters. The lowest BCUT2D eigenvalue weighted by Crippen LogP contribution is -2.42. The summed E-state index contributed by atoms with van der Waals surface area (Å²) in [4.78, 5) is 12.8. The van der Waals surface area contributed by atoms with Crippen molar-refractivity contribution in [2.75, 3.05) is 18.2 Å². The summed E-state index contributed by atoms with van der Waals surface area (Å²) in [6, 6.07) is 11.9. The third-order valence-electron chi connectivity index (χ3n) is 5.88. The first-order chi connectivity index (χ1) is 15.5. The minimum absolute atomic E-state index is 0.0261. The van der Waals surface area contributed by atoms with E-state index in [-0.39, 0.29) is 17.6 Å². The number of hydrogen-bond acceptors (Lipinski definition) is 5. The Bertz CT molecular complexity index is 1000. The van der Waals surface area contributed by atoms with Crippen molar-refractivity contribution in [3.05, 3.63) is 59.4 Å². The highest BCUT2D eigenvalue weighted by Crippen LogP contribution is 2.35. The quantitative estimate of drug-likeness (QED) is 0.540. The number of halogens is 1. The molecule has 1 atom stereocenters. The van der Waals surface area contributed by atoms with Gasteiger partial charge < -0.3 is 14.2 Å². The molecule has 4 rings (SSSR count). The predicted octanol–water partition coefficient (Wildman–Crippen LogP) is 5.04. The third-order valence-corrected chi connectivity index (χ3v) is 5.88. The monoisotopic (exact) mass is 440 g/mol. The van der Waals surface area contributed by atoms with Crippen molar-refractivity contribution in [1.29, 1.82) is 0 Å². The Morgan fingerprint density at radius 3 is 2.47 bits per heavy atom. The first-order valence-corrected chi connectivity index (χ1v) is 11.3. The minimum Gasteiger partial charge on any atom is -0.439 e. The highest BCUT2D eigenvalue weighted by Gasteiger charge is 2.35. The number of carbonyl (C=O) groups is 1. The minimum atomic E-state index is -1.14. The normalized spacial score (nSPS) is 18.1. The molecule has 1 aliphatic carbocycles. The van der Waals surface area contributed by atoms with Crippen molar-refractivity contribution in [3.63, 3.8) is 0 Å². The van der Waals surface area contributed by atoms with Crippen LogP contribution in [0, 0.1) is 11.7 Å². The zero-order chi connectivity index (χ0) is 22.7. The molecule has 0 bridgehead atoms. The van der Waals surface area contributed by atoms with E-state index in [1.807, 2.05) is 26.8 Å². The lowest BCUT2D eigenvalue weighted by Gasteiger charge is -2.34. The van der Waals surface area contributed by atoms with Crippen LogP contribution in [-0.4, -0.2) is 30.8 Å². The number of hydrazone groups is 1. The van der Waals surface area contributed by atoms with Gasteiger partial charge in [-0.25, -0.2) is 9.40 Å². The zero-order valence-corrected chi connectivity index (χ0v) is 18.8. The van der Waals surface area contributed by atoms with E-state index >= 15 is 0 Å². The van der Waals surface area contributed by atoms with Gasteiger partial charge in [0.25, 0.3) is 0 Å². The van der Waals surface area contributed by atoms with Gasteiger partial charge in [0.15, 0.2) is 0 Å². The Hall–Kier alpha value is -2.77. The van der Waals surface area contributed by atoms with E-state index in [1.54, 1.807) is 24.3 Å². The summed E-state index contributed by atoms with van der Waals surface area (Å²) in [5.74, 6) is -0.912. The Morgan fingerprint density at radius 2 is 1.81 bits per heavy atom. The molecule has 6 nitrogen and oxygen atoms in total. The van der Waals surface area contributed by atoms with E-state index in [9.17, 15) is 9.18 Å². The lowest BCUT2D eigenvalue weighted by atomic mass is 9.79. The van der Waals surface area contributed by atoms with Crippen molar-refractivity contribution >= 4 is 17.3 Å². The molecule has 1 aliphatic heterocycles. The average Bonchev–Trinajstić information content (AvgIpc) is 2.79. The molecule has 2 aromatic carbocycles. The summed E-state index contributed by atoms with van der Waals surface area (Å²) < 4.78 is 31.4. The van der Waals surface area contributed by atoms with Crippen LogP contribution in [0.25, 0.3) is 0 Å². The molecular formula is C25H29FN2O4. The first-order valence-electron chi connectivity index (χ1n) is 11.3. The van der Waals surface area contributed by atoms with E-state index in [4.69, 9.17) is 14.2 Å². The molecule has 0 fully saturated rings. The van der Waals surface area contributed by atoms with Crippen molar-refractivity contribution in [2.45, 2.75) is 52.4 Å². The maximum Gasteiger partial charge on any atom is 0.326 e. The van der Waals surface area contributed by atoms with Crippen LogP contribution < -0.4 is 9.75 Å². The number of ether oxygens (including phenoxy) is 3. The molecule has 2 aliphatic rings. The third kappa shape index (κ3) is 4.40. The van der Waals surface area contributed by atoms with E-state index in [0.717, 1.165) is 29.7 Å². The van der Waals surface area contributed by atoms with Gasteiger partial charge in [0.1, 0.15) is 11.6 Å². The number of amides is 1. The predicted molar refractivity (Wildman–Crippen MR) is 120 cm³/mol.